The standard InChI is InChI=1S/C16H21N3OS/c1-3-8-13(9-4-2)18-19-16-17-15(20)14(21-16)12-10-6-5-7-11-12/h5-7,10-11,14H,3-4,8-9H2,1-2H3,(H,17,19,20)/t14-/m1/s1. The van der Waals surface area contributed by atoms with Gasteiger partial charge in [0.25, 0.3) is 0 Å². The number of thioether (sulfide) groups is 1. The molecule has 1 aliphatic rings. The van der Waals surface area contributed by atoms with Gasteiger partial charge in [-0.15, -0.1) is 5.10 Å². The predicted molar refractivity (Wildman–Crippen MR) is 89.6 cm³/mol. The summed E-state index contributed by atoms with van der Waals surface area (Å²) < 4.78 is 0. The number of benzene rings is 1. The van der Waals surface area contributed by atoms with E-state index in [9.17, 15) is 4.79 Å². The molecule has 112 valence electrons. The van der Waals surface area contributed by atoms with Crippen LogP contribution in [0.5, 0.6) is 0 Å². The van der Waals surface area contributed by atoms with E-state index >= 15 is 0 Å². The Morgan fingerprint density at radius 3 is 2.48 bits per heavy atom. The summed E-state index contributed by atoms with van der Waals surface area (Å²) in [6, 6.07) is 9.75. The molecule has 1 heterocycles. The predicted octanol–water partition coefficient (Wildman–Crippen LogP) is 3.90. The highest BCUT2D eigenvalue weighted by Crippen LogP contribution is 2.34. The lowest BCUT2D eigenvalue weighted by molar-refractivity contribution is -0.118. The molecular weight excluding hydrogens is 282 g/mol. The molecule has 0 bridgehead atoms. The summed E-state index contributed by atoms with van der Waals surface area (Å²) in [6.45, 7) is 4.27. The number of hydrogen-bond donors (Lipinski definition) is 1. The van der Waals surface area contributed by atoms with Crippen molar-refractivity contribution in [3.05, 3.63) is 35.9 Å². The van der Waals surface area contributed by atoms with E-state index in [1.54, 1.807) is 0 Å². The Morgan fingerprint density at radius 1 is 1.19 bits per heavy atom. The maximum absolute atomic E-state index is 12.0. The summed E-state index contributed by atoms with van der Waals surface area (Å²) in [5.74, 6) is -0.0207. The molecule has 1 N–H and O–H groups in total. The third kappa shape index (κ3) is 4.43. The van der Waals surface area contributed by atoms with Crippen LogP contribution in [-0.4, -0.2) is 16.8 Å². The summed E-state index contributed by atoms with van der Waals surface area (Å²) >= 11 is 1.43. The van der Waals surface area contributed by atoms with E-state index in [1.165, 1.54) is 11.8 Å². The molecule has 0 spiro atoms. The zero-order valence-corrected chi connectivity index (χ0v) is 13.3. The third-order valence-electron chi connectivity index (χ3n) is 3.16. The van der Waals surface area contributed by atoms with Gasteiger partial charge in [-0.2, -0.15) is 5.10 Å². The van der Waals surface area contributed by atoms with Gasteiger partial charge in [0.15, 0.2) is 5.17 Å². The molecule has 0 aromatic heterocycles. The van der Waals surface area contributed by atoms with Crippen LogP contribution in [0.15, 0.2) is 40.5 Å². The number of amidine groups is 1. The van der Waals surface area contributed by atoms with E-state index in [0.717, 1.165) is 37.0 Å². The van der Waals surface area contributed by atoms with E-state index in [0.29, 0.717) is 5.17 Å². The maximum atomic E-state index is 12.0. The molecule has 1 amide bonds. The van der Waals surface area contributed by atoms with Gasteiger partial charge in [-0.25, -0.2) is 0 Å². The van der Waals surface area contributed by atoms with Crippen LogP contribution in [0, 0.1) is 0 Å². The van der Waals surface area contributed by atoms with Gasteiger partial charge in [-0.1, -0.05) is 68.8 Å². The molecular formula is C16H21N3OS. The molecule has 1 aromatic rings. The summed E-state index contributed by atoms with van der Waals surface area (Å²) in [6.07, 6.45) is 4.06. The first-order chi connectivity index (χ1) is 10.2. The van der Waals surface area contributed by atoms with Gasteiger partial charge in [0.1, 0.15) is 5.25 Å². The number of amides is 1. The summed E-state index contributed by atoms with van der Waals surface area (Å²) in [5, 5.41) is 11.7. The topological polar surface area (TPSA) is 53.8 Å². The van der Waals surface area contributed by atoms with Crippen molar-refractivity contribution in [2.45, 2.75) is 44.8 Å². The second kappa shape index (κ2) is 7.98. The fourth-order valence-corrected chi connectivity index (χ4v) is 3.11. The highest BCUT2D eigenvalue weighted by molar-refractivity contribution is 8.15. The minimum absolute atomic E-state index is 0.0207. The molecule has 0 radical (unpaired) electrons. The molecule has 1 atom stereocenters. The Labute approximate surface area is 130 Å². The van der Waals surface area contributed by atoms with Crippen molar-refractivity contribution in [1.82, 2.24) is 5.32 Å². The first-order valence-electron chi connectivity index (χ1n) is 7.40. The lowest BCUT2D eigenvalue weighted by Crippen LogP contribution is -2.21. The van der Waals surface area contributed by atoms with Crippen molar-refractivity contribution in [2.24, 2.45) is 10.2 Å². The lowest BCUT2D eigenvalue weighted by Gasteiger charge is -2.03. The monoisotopic (exact) mass is 303 g/mol. The average Bonchev–Trinajstić information content (AvgIpc) is 2.87. The molecule has 0 unspecified atom stereocenters. The van der Waals surface area contributed by atoms with Crippen LogP contribution < -0.4 is 5.32 Å². The first kappa shape index (κ1) is 15.8. The van der Waals surface area contributed by atoms with Crippen LogP contribution in [0.25, 0.3) is 0 Å². The quantitative estimate of drug-likeness (QED) is 0.640. The van der Waals surface area contributed by atoms with E-state index in [-0.39, 0.29) is 11.2 Å². The molecule has 1 fully saturated rings. The van der Waals surface area contributed by atoms with E-state index in [4.69, 9.17) is 0 Å². The number of carbonyl (C=O) groups excluding carboxylic acids is 1. The Bertz CT molecular complexity index is 532. The Balaban J connectivity index is 2.08. The highest BCUT2D eigenvalue weighted by Gasteiger charge is 2.31. The van der Waals surface area contributed by atoms with E-state index in [1.807, 2.05) is 30.3 Å². The van der Waals surface area contributed by atoms with Crippen LogP contribution in [0.2, 0.25) is 0 Å². The van der Waals surface area contributed by atoms with E-state index in [2.05, 4.69) is 29.4 Å². The van der Waals surface area contributed by atoms with Crippen molar-refractivity contribution in [3.8, 4) is 0 Å². The van der Waals surface area contributed by atoms with Gasteiger partial charge in [0.2, 0.25) is 5.91 Å². The third-order valence-corrected chi connectivity index (χ3v) is 4.29. The van der Waals surface area contributed by atoms with Crippen molar-refractivity contribution < 1.29 is 4.79 Å². The number of hydrogen-bond acceptors (Lipinski definition) is 4. The summed E-state index contributed by atoms with van der Waals surface area (Å²) in [5.41, 5.74) is 2.10. The highest BCUT2D eigenvalue weighted by atomic mass is 32.2. The number of nitrogens with zero attached hydrogens (tertiary/aromatic N) is 2. The molecule has 4 nitrogen and oxygen atoms in total. The number of carbonyl (C=O) groups is 1. The zero-order valence-electron chi connectivity index (χ0n) is 12.5. The second-order valence-corrected chi connectivity index (χ2v) is 6.06. The normalized spacial score (nSPS) is 19.6. The molecule has 21 heavy (non-hydrogen) atoms. The molecule has 1 saturated heterocycles. The number of rotatable bonds is 6. The van der Waals surface area contributed by atoms with Crippen LogP contribution in [0.3, 0.4) is 0 Å². The minimum Gasteiger partial charge on any atom is -0.302 e. The Morgan fingerprint density at radius 2 is 1.86 bits per heavy atom. The first-order valence-corrected chi connectivity index (χ1v) is 8.28. The fourth-order valence-electron chi connectivity index (χ4n) is 2.18. The maximum Gasteiger partial charge on any atom is 0.244 e. The van der Waals surface area contributed by atoms with Crippen LogP contribution >= 0.6 is 11.8 Å². The average molecular weight is 303 g/mol. The molecule has 2 rings (SSSR count). The molecule has 5 heteroatoms. The molecule has 0 aliphatic carbocycles. The van der Waals surface area contributed by atoms with E-state index < -0.39 is 0 Å². The fraction of sp³-hybridized carbons (Fsp3) is 0.438. The van der Waals surface area contributed by atoms with Crippen LogP contribution in [-0.2, 0) is 4.79 Å². The van der Waals surface area contributed by atoms with Gasteiger partial charge in [0.05, 0.1) is 0 Å². The largest absolute Gasteiger partial charge is 0.302 e. The van der Waals surface area contributed by atoms with Gasteiger partial charge < -0.3 is 5.32 Å². The lowest BCUT2D eigenvalue weighted by atomic mass is 10.1. The van der Waals surface area contributed by atoms with Gasteiger partial charge >= 0.3 is 0 Å². The number of nitrogens with one attached hydrogen (secondary N) is 1. The summed E-state index contributed by atoms with van der Waals surface area (Å²) in [7, 11) is 0. The van der Waals surface area contributed by atoms with Gasteiger partial charge in [-0.3, -0.25) is 4.79 Å². The molecule has 1 aromatic carbocycles. The zero-order chi connectivity index (χ0) is 15.1. The Hall–Kier alpha value is -1.62. The second-order valence-electron chi connectivity index (χ2n) is 4.97. The van der Waals surface area contributed by atoms with Gasteiger partial charge in [-0.05, 0) is 18.4 Å². The smallest absolute Gasteiger partial charge is 0.244 e. The molecule has 0 saturated carbocycles. The van der Waals surface area contributed by atoms with Crippen molar-refractivity contribution in [1.29, 1.82) is 0 Å². The molecule has 1 aliphatic heterocycles. The van der Waals surface area contributed by atoms with Gasteiger partial charge in [0, 0.05) is 5.71 Å². The van der Waals surface area contributed by atoms with Crippen molar-refractivity contribution in [3.63, 3.8) is 0 Å². The SMILES string of the molecule is CCCC(CCC)=N/N=C1/NC(=O)[C@@H](c2ccccc2)S1. The van der Waals surface area contributed by atoms with Crippen molar-refractivity contribution in [2.75, 3.05) is 0 Å². The Kier molecular flexibility index (Phi) is 5.99. The van der Waals surface area contributed by atoms with Crippen LogP contribution in [0.4, 0.5) is 0 Å². The van der Waals surface area contributed by atoms with Crippen molar-refractivity contribution >= 4 is 28.5 Å². The van der Waals surface area contributed by atoms with Crippen LogP contribution in [0.1, 0.15) is 50.3 Å². The summed E-state index contributed by atoms with van der Waals surface area (Å²) in [4.78, 5) is 12.0. The minimum atomic E-state index is -0.221.